The molecule has 0 spiro atoms. The van der Waals surface area contributed by atoms with Crippen molar-refractivity contribution in [2.24, 2.45) is 11.5 Å². The predicted octanol–water partition coefficient (Wildman–Crippen LogP) is -0.316. The fraction of sp³-hybridized carbons (Fsp3) is 1.00. The van der Waals surface area contributed by atoms with E-state index in [0.717, 1.165) is 6.42 Å². The summed E-state index contributed by atoms with van der Waals surface area (Å²) in [7, 11) is 0. The Morgan fingerprint density at radius 1 is 1.33 bits per heavy atom. The van der Waals surface area contributed by atoms with E-state index in [9.17, 15) is 0 Å². The third kappa shape index (κ3) is 3.92. The molecule has 4 N–H and O–H groups in total. The maximum Gasteiger partial charge on any atom is 0.0280 e. The molecule has 0 amide bonds. The molecule has 1 atom stereocenters. The summed E-state index contributed by atoms with van der Waals surface area (Å²) in [5, 5.41) is 0. The van der Waals surface area contributed by atoms with Crippen LogP contribution in [0.3, 0.4) is 0 Å². The van der Waals surface area contributed by atoms with Crippen molar-refractivity contribution in [1.82, 2.24) is 0 Å². The van der Waals surface area contributed by atoms with Crippen LogP contribution in [-0.2, 0) is 0 Å². The molecule has 0 aliphatic carbocycles. The van der Waals surface area contributed by atoms with Gasteiger partial charge in [-0.15, -0.1) is 0 Å². The molecule has 0 aromatic carbocycles. The molecule has 0 aromatic heterocycles. The maximum absolute atomic E-state index is 7.02. The van der Waals surface area contributed by atoms with Crippen molar-refractivity contribution in [3.63, 3.8) is 0 Å². The molecular weight excluding hydrogens is 76.1 g/mol. The lowest BCUT2D eigenvalue weighted by Gasteiger charge is -1.87. The first-order valence-electron chi connectivity index (χ1n) is 2.71. The van der Waals surface area contributed by atoms with Gasteiger partial charge in [0.1, 0.15) is 0 Å². The van der Waals surface area contributed by atoms with Gasteiger partial charge < -0.3 is 11.5 Å². The van der Waals surface area contributed by atoms with Crippen LogP contribution in [0.1, 0.15) is 14.2 Å². The minimum absolute atomic E-state index is 0.148. The summed E-state index contributed by atoms with van der Waals surface area (Å²) in [6.45, 7) is 1.00. The van der Waals surface area contributed by atoms with Crippen LogP contribution in [0, 0.1) is 0 Å². The molecule has 0 aliphatic heterocycles. The summed E-state index contributed by atoms with van der Waals surface area (Å²) in [4.78, 5) is 0. The van der Waals surface area contributed by atoms with Crippen molar-refractivity contribution in [3.8, 4) is 0 Å². The molecule has 0 saturated carbocycles. The standard InChI is InChI=1S/C4H12N2/c5-3-1-2-4-6/h1-6H2/i1D. The first kappa shape index (κ1) is 4.09. The van der Waals surface area contributed by atoms with Crippen LogP contribution < -0.4 is 11.5 Å². The Hall–Kier alpha value is -0.0800. The molecule has 1 unspecified atom stereocenters. The zero-order chi connectivity index (χ0) is 5.70. The Labute approximate surface area is 39.9 Å². The van der Waals surface area contributed by atoms with E-state index in [0.29, 0.717) is 13.1 Å². The molecule has 2 heteroatoms. The highest BCUT2D eigenvalue weighted by atomic mass is 14.5. The number of rotatable bonds is 3. The van der Waals surface area contributed by atoms with Gasteiger partial charge in [-0.05, 0) is 25.9 Å². The van der Waals surface area contributed by atoms with E-state index in [2.05, 4.69) is 0 Å². The van der Waals surface area contributed by atoms with Crippen LogP contribution in [0.2, 0.25) is 0 Å². The zero-order valence-corrected chi connectivity index (χ0v) is 3.85. The quantitative estimate of drug-likeness (QED) is 0.498. The molecule has 0 saturated heterocycles. The fourth-order valence-corrected chi connectivity index (χ4v) is 0.236. The second-order valence-corrected chi connectivity index (χ2v) is 1.10. The largest absolute Gasteiger partial charge is 0.330 e. The topological polar surface area (TPSA) is 52.0 Å². The molecule has 6 heavy (non-hydrogen) atoms. The second-order valence-electron chi connectivity index (χ2n) is 1.10. The lowest BCUT2D eigenvalue weighted by atomic mass is 10.3. The van der Waals surface area contributed by atoms with Gasteiger partial charge in [0.15, 0.2) is 0 Å². The predicted molar refractivity (Wildman–Crippen MR) is 27.3 cm³/mol. The summed E-state index contributed by atoms with van der Waals surface area (Å²) in [5.41, 5.74) is 10.2. The average molecular weight is 89.2 g/mol. The van der Waals surface area contributed by atoms with E-state index in [-0.39, 0.29) is 6.40 Å². The van der Waals surface area contributed by atoms with Crippen molar-refractivity contribution in [2.75, 3.05) is 13.1 Å². The summed E-state index contributed by atoms with van der Waals surface area (Å²) in [6.07, 6.45) is 0.571. The molecule has 0 fully saturated rings. The van der Waals surface area contributed by atoms with Crippen molar-refractivity contribution in [2.45, 2.75) is 12.8 Å². The van der Waals surface area contributed by atoms with Gasteiger partial charge in [-0.2, -0.15) is 0 Å². The number of hydrogen-bond donors (Lipinski definition) is 2. The van der Waals surface area contributed by atoms with Gasteiger partial charge in [0.2, 0.25) is 0 Å². The smallest absolute Gasteiger partial charge is 0.0280 e. The van der Waals surface area contributed by atoms with Crippen molar-refractivity contribution in [3.05, 3.63) is 0 Å². The van der Waals surface area contributed by atoms with Gasteiger partial charge in [0.25, 0.3) is 0 Å². The third-order valence-corrected chi connectivity index (χ3v) is 0.537. The third-order valence-electron chi connectivity index (χ3n) is 0.537. The van der Waals surface area contributed by atoms with Gasteiger partial charge in [-0.1, -0.05) is 0 Å². The van der Waals surface area contributed by atoms with Crippen LogP contribution in [0.25, 0.3) is 0 Å². The highest BCUT2D eigenvalue weighted by Crippen LogP contribution is 1.77. The Morgan fingerprint density at radius 2 is 2.00 bits per heavy atom. The van der Waals surface area contributed by atoms with Crippen molar-refractivity contribution in [1.29, 1.82) is 0 Å². The molecular formula is C4H12N2. The highest BCUT2D eigenvalue weighted by Gasteiger charge is 1.75. The summed E-state index contributed by atoms with van der Waals surface area (Å²) >= 11 is 0. The normalized spacial score (nSPS) is 16.7. The van der Waals surface area contributed by atoms with E-state index in [1.54, 1.807) is 0 Å². The van der Waals surface area contributed by atoms with Gasteiger partial charge in [0, 0.05) is 1.37 Å². The van der Waals surface area contributed by atoms with E-state index in [1.807, 2.05) is 0 Å². The van der Waals surface area contributed by atoms with Crippen LogP contribution >= 0.6 is 0 Å². The van der Waals surface area contributed by atoms with E-state index >= 15 is 0 Å². The zero-order valence-electron chi connectivity index (χ0n) is 4.85. The molecule has 0 radical (unpaired) electrons. The minimum atomic E-state index is -0.148. The van der Waals surface area contributed by atoms with Gasteiger partial charge in [-0.3, -0.25) is 0 Å². The molecule has 0 aliphatic rings. The van der Waals surface area contributed by atoms with E-state index in [1.165, 1.54) is 0 Å². The number of nitrogens with two attached hydrogens (primary N) is 2. The maximum atomic E-state index is 7.02. The van der Waals surface area contributed by atoms with Crippen LogP contribution in [0.5, 0.6) is 0 Å². The summed E-state index contributed by atoms with van der Waals surface area (Å²) in [5.74, 6) is 0. The van der Waals surface area contributed by atoms with Gasteiger partial charge in [0.05, 0.1) is 0 Å². The monoisotopic (exact) mass is 89.1 g/mol. The first-order valence-corrected chi connectivity index (χ1v) is 2.13. The Kier molecular flexibility index (Phi) is 3.35. The SMILES string of the molecule is [2H]C(CN)CCN. The first-order chi connectivity index (χ1) is 3.31. The summed E-state index contributed by atoms with van der Waals surface area (Å²) in [6, 6.07) is 0. The molecule has 2 nitrogen and oxygen atoms in total. The van der Waals surface area contributed by atoms with Crippen molar-refractivity contribution < 1.29 is 1.37 Å². The molecule has 0 aromatic rings. The van der Waals surface area contributed by atoms with E-state index in [4.69, 9.17) is 12.8 Å². The Balaban J connectivity index is 2.83. The molecule has 0 rings (SSSR count). The summed E-state index contributed by atoms with van der Waals surface area (Å²) < 4.78 is 7.02. The lowest BCUT2D eigenvalue weighted by Crippen LogP contribution is -2.03. The van der Waals surface area contributed by atoms with Gasteiger partial charge >= 0.3 is 0 Å². The van der Waals surface area contributed by atoms with Gasteiger partial charge in [-0.25, -0.2) is 0 Å². The second kappa shape index (κ2) is 4.92. The lowest BCUT2D eigenvalue weighted by molar-refractivity contribution is 0.755. The van der Waals surface area contributed by atoms with Crippen LogP contribution in [-0.4, -0.2) is 13.1 Å². The highest BCUT2D eigenvalue weighted by molar-refractivity contribution is 4.38. The van der Waals surface area contributed by atoms with Crippen molar-refractivity contribution >= 4 is 0 Å². The Bertz CT molecular complexity index is 40.7. The minimum Gasteiger partial charge on any atom is -0.330 e. The number of hydrogen-bond acceptors (Lipinski definition) is 2. The van der Waals surface area contributed by atoms with Crippen LogP contribution in [0.15, 0.2) is 0 Å². The molecule has 0 heterocycles. The van der Waals surface area contributed by atoms with Crippen LogP contribution in [0.4, 0.5) is 0 Å². The fourth-order valence-electron chi connectivity index (χ4n) is 0.236. The Morgan fingerprint density at radius 3 is 2.17 bits per heavy atom. The average Bonchev–Trinajstić information content (AvgIpc) is 1.68. The van der Waals surface area contributed by atoms with E-state index < -0.39 is 0 Å². The molecule has 38 valence electrons. The molecule has 0 bridgehead atoms.